The number of ether oxygens (including phenoxy) is 2. The number of likely N-dealkylation sites (tertiary alicyclic amines) is 1. The first-order valence-corrected chi connectivity index (χ1v) is 10.2. The zero-order valence-electron chi connectivity index (χ0n) is 17.9. The third kappa shape index (κ3) is 7.05. The average molecular weight is 524 g/mol. The van der Waals surface area contributed by atoms with E-state index >= 15 is 0 Å². The molecule has 30 heavy (non-hydrogen) atoms. The number of benzene rings is 2. The number of halogens is 1. The number of hydrogen-bond donors (Lipinski definition) is 2. The van der Waals surface area contributed by atoms with Crippen molar-refractivity contribution in [3.63, 3.8) is 0 Å². The number of aliphatic imine (C=N–C) groups is 1. The maximum atomic E-state index is 6.10. The Hall–Kier alpha value is -2.00. The Labute approximate surface area is 196 Å². The molecular formula is C23H33IN4O2. The smallest absolute Gasteiger partial charge is 0.189 e. The van der Waals surface area contributed by atoms with Gasteiger partial charge in [-0.1, -0.05) is 36.8 Å². The highest BCUT2D eigenvalue weighted by Gasteiger charge is 2.12. The van der Waals surface area contributed by atoms with Crippen LogP contribution in [0.2, 0.25) is 0 Å². The second-order valence-electron chi connectivity index (χ2n) is 7.35. The van der Waals surface area contributed by atoms with E-state index in [0.29, 0.717) is 30.5 Å². The summed E-state index contributed by atoms with van der Waals surface area (Å²) in [5.41, 5.74) is 9.74. The summed E-state index contributed by atoms with van der Waals surface area (Å²) in [6.07, 6.45) is 3.96. The average Bonchev–Trinajstić information content (AvgIpc) is 2.77. The van der Waals surface area contributed by atoms with Crippen molar-refractivity contribution in [1.29, 1.82) is 0 Å². The Morgan fingerprint density at radius 2 is 1.70 bits per heavy atom. The van der Waals surface area contributed by atoms with Crippen molar-refractivity contribution >= 4 is 29.9 Å². The molecule has 0 saturated carbocycles. The number of guanidine groups is 1. The second kappa shape index (κ2) is 12.6. The summed E-state index contributed by atoms with van der Waals surface area (Å²) in [5, 5.41) is 3.25. The van der Waals surface area contributed by atoms with Crippen molar-refractivity contribution < 1.29 is 9.47 Å². The molecule has 1 heterocycles. The van der Waals surface area contributed by atoms with E-state index in [-0.39, 0.29) is 24.0 Å². The minimum absolute atomic E-state index is 0. The number of rotatable bonds is 8. The van der Waals surface area contributed by atoms with E-state index in [1.165, 1.54) is 43.5 Å². The molecule has 6 nitrogen and oxygen atoms in total. The van der Waals surface area contributed by atoms with Crippen molar-refractivity contribution in [1.82, 2.24) is 10.2 Å². The van der Waals surface area contributed by atoms with Crippen molar-refractivity contribution in [2.24, 2.45) is 10.7 Å². The molecule has 1 aliphatic heterocycles. The van der Waals surface area contributed by atoms with E-state index in [9.17, 15) is 0 Å². The predicted molar refractivity (Wildman–Crippen MR) is 133 cm³/mol. The van der Waals surface area contributed by atoms with Gasteiger partial charge in [0.25, 0.3) is 0 Å². The van der Waals surface area contributed by atoms with Gasteiger partial charge in [0.1, 0.15) is 0 Å². The van der Waals surface area contributed by atoms with Crippen LogP contribution in [0, 0.1) is 0 Å². The third-order valence-corrected chi connectivity index (χ3v) is 5.30. The van der Waals surface area contributed by atoms with Crippen molar-refractivity contribution in [3.05, 3.63) is 59.2 Å². The molecule has 164 valence electrons. The highest BCUT2D eigenvalue weighted by molar-refractivity contribution is 14.0. The molecule has 3 rings (SSSR count). The van der Waals surface area contributed by atoms with E-state index < -0.39 is 0 Å². The number of nitrogens with zero attached hydrogens (tertiary/aromatic N) is 2. The van der Waals surface area contributed by atoms with Crippen LogP contribution in [0.5, 0.6) is 11.5 Å². The molecule has 0 aromatic heterocycles. The van der Waals surface area contributed by atoms with E-state index in [0.717, 1.165) is 12.1 Å². The summed E-state index contributed by atoms with van der Waals surface area (Å²) >= 11 is 0. The molecule has 3 N–H and O–H groups in total. The normalized spacial score (nSPS) is 14.7. The predicted octanol–water partition coefficient (Wildman–Crippen LogP) is 3.91. The fraction of sp³-hybridized carbons (Fsp3) is 0.435. The van der Waals surface area contributed by atoms with Crippen LogP contribution in [0.3, 0.4) is 0 Å². The molecular weight excluding hydrogens is 491 g/mol. The Morgan fingerprint density at radius 3 is 2.40 bits per heavy atom. The van der Waals surface area contributed by atoms with Gasteiger partial charge in [-0.05, 0) is 54.8 Å². The van der Waals surface area contributed by atoms with Crippen molar-refractivity contribution in [2.45, 2.75) is 38.9 Å². The van der Waals surface area contributed by atoms with Gasteiger partial charge in [0.05, 0.1) is 20.8 Å². The lowest BCUT2D eigenvalue weighted by atomic mass is 10.0. The molecule has 7 heteroatoms. The van der Waals surface area contributed by atoms with E-state index in [1.54, 1.807) is 14.2 Å². The zero-order valence-corrected chi connectivity index (χ0v) is 20.2. The number of hydrogen-bond acceptors (Lipinski definition) is 4. The Kier molecular flexibility index (Phi) is 10.2. The van der Waals surface area contributed by atoms with Crippen LogP contribution in [0.25, 0.3) is 0 Å². The van der Waals surface area contributed by atoms with Crippen LogP contribution < -0.4 is 20.5 Å². The quantitative estimate of drug-likeness (QED) is 0.311. The summed E-state index contributed by atoms with van der Waals surface area (Å²) in [6.45, 7) is 4.54. The SMILES string of the molecule is COc1ccc(CN=C(N)NCc2ccccc2CN2CCCCC2)cc1OC.I. The van der Waals surface area contributed by atoms with Gasteiger partial charge in [0, 0.05) is 13.1 Å². The van der Waals surface area contributed by atoms with E-state index in [4.69, 9.17) is 15.2 Å². The molecule has 0 bridgehead atoms. The zero-order chi connectivity index (χ0) is 20.5. The molecule has 0 spiro atoms. The van der Waals surface area contributed by atoms with Crippen LogP contribution in [0.1, 0.15) is 36.0 Å². The van der Waals surface area contributed by atoms with Crippen LogP contribution in [-0.4, -0.2) is 38.2 Å². The monoisotopic (exact) mass is 524 g/mol. The summed E-state index contributed by atoms with van der Waals surface area (Å²) in [7, 11) is 3.25. The molecule has 0 atom stereocenters. The van der Waals surface area contributed by atoms with Gasteiger partial charge in [-0.3, -0.25) is 4.90 Å². The Morgan fingerprint density at radius 1 is 1.00 bits per heavy atom. The minimum atomic E-state index is 0. The summed E-state index contributed by atoms with van der Waals surface area (Å²) < 4.78 is 10.6. The number of piperidine rings is 1. The molecule has 0 radical (unpaired) electrons. The van der Waals surface area contributed by atoms with Crippen molar-refractivity contribution in [2.75, 3.05) is 27.3 Å². The van der Waals surface area contributed by atoms with Crippen LogP contribution in [0.4, 0.5) is 0 Å². The Balaban J connectivity index is 0.00000320. The molecule has 2 aromatic rings. The standard InChI is InChI=1S/C23H32N4O2.HI/c1-28-21-11-10-18(14-22(21)29-2)15-25-23(24)26-16-19-8-4-5-9-20(19)17-27-12-6-3-7-13-27;/h4-5,8-11,14H,3,6-7,12-13,15-17H2,1-2H3,(H3,24,25,26);1H. The Bertz CT molecular complexity index is 823. The summed E-state index contributed by atoms with van der Waals surface area (Å²) in [4.78, 5) is 7.00. The van der Waals surface area contributed by atoms with Gasteiger partial charge in [-0.2, -0.15) is 0 Å². The van der Waals surface area contributed by atoms with Gasteiger partial charge in [-0.25, -0.2) is 4.99 Å². The molecule has 1 aliphatic rings. The second-order valence-corrected chi connectivity index (χ2v) is 7.35. The molecule has 0 aliphatic carbocycles. The van der Waals surface area contributed by atoms with Gasteiger partial charge in [0.15, 0.2) is 17.5 Å². The maximum absolute atomic E-state index is 6.10. The topological polar surface area (TPSA) is 72.1 Å². The van der Waals surface area contributed by atoms with Crippen LogP contribution in [-0.2, 0) is 19.6 Å². The maximum Gasteiger partial charge on any atom is 0.189 e. The van der Waals surface area contributed by atoms with E-state index in [1.807, 2.05) is 18.2 Å². The van der Waals surface area contributed by atoms with Gasteiger partial charge >= 0.3 is 0 Å². The van der Waals surface area contributed by atoms with Gasteiger partial charge in [-0.15, -0.1) is 24.0 Å². The summed E-state index contributed by atoms with van der Waals surface area (Å²) in [6, 6.07) is 14.3. The molecule has 1 fully saturated rings. The lowest BCUT2D eigenvalue weighted by Crippen LogP contribution is -2.32. The first-order chi connectivity index (χ1) is 14.2. The molecule has 2 aromatic carbocycles. The number of methoxy groups -OCH3 is 2. The van der Waals surface area contributed by atoms with Gasteiger partial charge in [0.2, 0.25) is 0 Å². The van der Waals surface area contributed by atoms with Crippen LogP contribution >= 0.6 is 24.0 Å². The van der Waals surface area contributed by atoms with E-state index in [2.05, 4.69) is 39.5 Å². The third-order valence-electron chi connectivity index (χ3n) is 5.30. The number of nitrogens with two attached hydrogens (primary N) is 1. The lowest BCUT2D eigenvalue weighted by molar-refractivity contribution is 0.220. The first kappa shape index (κ1) is 24.3. The number of nitrogens with one attached hydrogen (secondary N) is 1. The summed E-state index contributed by atoms with van der Waals surface area (Å²) in [5.74, 6) is 1.84. The fourth-order valence-electron chi connectivity index (χ4n) is 3.64. The minimum Gasteiger partial charge on any atom is -0.493 e. The lowest BCUT2D eigenvalue weighted by Gasteiger charge is -2.27. The van der Waals surface area contributed by atoms with Gasteiger partial charge < -0.3 is 20.5 Å². The largest absolute Gasteiger partial charge is 0.493 e. The highest BCUT2D eigenvalue weighted by atomic mass is 127. The first-order valence-electron chi connectivity index (χ1n) is 10.2. The fourth-order valence-corrected chi connectivity index (χ4v) is 3.64. The van der Waals surface area contributed by atoms with Crippen LogP contribution in [0.15, 0.2) is 47.5 Å². The molecule has 0 unspecified atom stereocenters. The molecule has 0 amide bonds. The van der Waals surface area contributed by atoms with Crippen molar-refractivity contribution in [3.8, 4) is 11.5 Å². The highest BCUT2D eigenvalue weighted by Crippen LogP contribution is 2.27. The molecule has 1 saturated heterocycles.